The first-order chi connectivity index (χ1) is 11.0. The van der Waals surface area contributed by atoms with Gasteiger partial charge in [-0.3, -0.25) is 4.79 Å². The first kappa shape index (κ1) is 16.5. The number of nitrogens with one attached hydrogen (secondary N) is 2. The zero-order chi connectivity index (χ0) is 16.4. The number of rotatable bonds is 3. The van der Waals surface area contributed by atoms with E-state index in [1.807, 2.05) is 0 Å². The van der Waals surface area contributed by atoms with Gasteiger partial charge in [0.2, 0.25) is 0 Å². The average Bonchev–Trinajstić information content (AvgIpc) is 2.51. The van der Waals surface area contributed by atoms with Gasteiger partial charge in [-0.1, -0.05) is 30.5 Å². The molecule has 0 bridgehead atoms. The van der Waals surface area contributed by atoms with Gasteiger partial charge in [-0.15, -0.1) is 0 Å². The van der Waals surface area contributed by atoms with Crippen LogP contribution in [0.4, 0.5) is 5.69 Å². The van der Waals surface area contributed by atoms with Crippen molar-refractivity contribution in [2.75, 3.05) is 25.0 Å². The second-order valence-corrected chi connectivity index (χ2v) is 7.80. The molecule has 1 unspecified atom stereocenters. The summed E-state index contributed by atoms with van der Waals surface area (Å²) < 4.78 is 0. The average molecular weight is 315 g/mol. The third-order valence-electron chi connectivity index (χ3n) is 5.84. The van der Waals surface area contributed by atoms with Crippen LogP contribution in [0.25, 0.3) is 0 Å². The van der Waals surface area contributed by atoms with Crippen LogP contribution in [0.1, 0.15) is 48.8 Å². The lowest BCUT2D eigenvalue weighted by atomic mass is 9.75. The molecule has 2 fully saturated rings. The Balaban J connectivity index is 1.57. The topological polar surface area (TPSA) is 33.5 Å². The molecule has 2 N–H and O–H groups in total. The van der Waals surface area contributed by atoms with E-state index in [0.29, 0.717) is 6.54 Å². The van der Waals surface area contributed by atoms with Gasteiger partial charge in [0, 0.05) is 11.6 Å². The highest BCUT2D eigenvalue weighted by molar-refractivity contribution is 5.93. The van der Waals surface area contributed by atoms with Crippen molar-refractivity contribution in [2.45, 2.75) is 52.9 Å². The Morgan fingerprint density at radius 2 is 1.74 bits per heavy atom. The fourth-order valence-corrected chi connectivity index (χ4v) is 4.74. The van der Waals surface area contributed by atoms with Crippen molar-refractivity contribution < 1.29 is 9.69 Å². The van der Waals surface area contributed by atoms with Crippen LogP contribution in [0.2, 0.25) is 0 Å². The molecule has 1 aromatic carbocycles. The van der Waals surface area contributed by atoms with Crippen LogP contribution in [0.15, 0.2) is 12.1 Å². The molecule has 1 aliphatic heterocycles. The summed E-state index contributed by atoms with van der Waals surface area (Å²) in [6.45, 7) is 9.25. The number of carbonyl (C=O) groups excluding carboxylic acids is 1. The Morgan fingerprint density at radius 3 is 2.43 bits per heavy atom. The minimum absolute atomic E-state index is 0.171. The van der Waals surface area contributed by atoms with Gasteiger partial charge in [-0.05, 0) is 57.1 Å². The predicted octanol–water partition coefficient (Wildman–Crippen LogP) is 2.65. The number of likely N-dealkylation sites (tertiary alicyclic amines) is 1. The number of hydrogen-bond donors (Lipinski definition) is 2. The van der Waals surface area contributed by atoms with Crippen LogP contribution >= 0.6 is 0 Å². The SMILES string of the molecule is Cc1cc(C)c(NC(=O)C[NH+]2CC[C@H]3CCCC[C@@H]3C2)c(C)c1. The summed E-state index contributed by atoms with van der Waals surface area (Å²) in [7, 11) is 0. The molecule has 3 rings (SSSR count). The maximum atomic E-state index is 12.5. The maximum Gasteiger partial charge on any atom is 0.279 e. The van der Waals surface area contributed by atoms with Crippen LogP contribution < -0.4 is 10.2 Å². The fraction of sp³-hybridized carbons (Fsp3) is 0.650. The van der Waals surface area contributed by atoms with Gasteiger partial charge in [0.25, 0.3) is 5.91 Å². The Hall–Kier alpha value is -1.35. The lowest BCUT2D eigenvalue weighted by Crippen LogP contribution is -3.15. The third-order valence-corrected chi connectivity index (χ3v) is 5.84. The van der Waals surface area contributed by atoms with E-state index in [9.17, 15) is 4.79 Å². The Morgan fingerprint density at radius 1 is 1.09 bits per heavy atom. The molecule has 3 atom stereocenters. The Bertz CT molecular complexity index is 558. The lowest BCUT2D eigenvalue weighted by Gasteiger charge is -2.38. The number of anilines is 1. The van der Waals surface area contributed by atoms with E-state index in [2.05, 4.69) is 38.2 Å². The van der Waals surface area contributed by atoms with E-state index < -0.39 is 0 Å². The van der Waals surface area contributed by atoms with Crippen LogP contribution in [0.5, 0.6) is 0 Å². The zero-order valence-corrected chi connectivity index (χ0v) is 14.9. The number of fused-ring (bicyclic) bond motifs is 1. The van der Waals surface area contributed by atoms with E-state index in [1.165, 1.54) is 55.7 Å². The van der Waals surface area contributed by atoms with Gasteiger partial charge in [-0.2, -0.15) is 0 Å². The molecule has 1 saturated carbocycles. The van der Waals surface area contributed by atoms with Crippen molar-refractivity contribution in [1.82, 2.24) is 0 Å². The van der Waals surface area contributed by atoms with Crippen LogP contribution in [0, 0.1) is 32.6 Å². The molecule has 1 aliphatic carbocycles. The smallest absolute Gasteiger partial charge is 0.279 e. The third kappa shape index (κ3) is 3.95. The van der Waals surface area contributed by atoms with Crippen molar-refractivity contribution >= 4 is 11.6 Å². The van der Waals surface area contributed by atoms with Crippen molar-refractivity contribution in [3.63, 3.8) is 0 Å². The van der Waals surface area contributed by atoms with Gasteiger partial charge in [-0.25, -0.2) is 0 Å². The first-order valence-electron chi connectivity index (χ1n) is 9.24. The number of quaternary nitrogens is 1. The molecule has 23 heavy (non-hydrogen) atoms. The Kier molecular flexibility index (Phi) is 5.05. The molecule has 1 heterocycles. The largest absolute Gasteiger partial charge is 0.327 e. The van der Waals surface area contributed by atoms with Gasteiger partial charge in [0.05, 0.1) is 13.1 Å². The molecule has 0 aromatic heterocycles. The number of amides is 1. The number of aryl methyl sites for hydroxylation is 3. The van der Waals surface area contributed by atoms with E-state index in [-0.39, 0.29) is 5.91 Å². The lowest BCUT2D eigenvalue weighted by molar-refractivity contribution is -0.902. The first-order valence-corrected chi connectivity index (χ1v) is 9.24. The van der Waals surface area contributed by atoms with Crippen LogP contribution in [-0.2, 0) is 4.79 Å². The van der Waals surface area contributed by atoms with Crippen LogP contribution in [0.3, 0.4) is 0 Å². The molecular formula is C20H31N2O+. The maximum absolute atomic E-state index is 12.5. The molecule has 0 spiro atoms. The number of piperidine rings is 1. The second kappa shape index (κ2) is 7.04. The number of carbonyl (C=O) groups is 1. The molecule has 126 valence electrons. The molecular weight excluding hydrogens is 284 g/mol. The van der Waals surface area contributed by atoms with E-state index in [0.717, 1.165) is 28.7 Å². The summed E-state index contributed by atoms with van der Waals surface area (Å²) in [6, 6.07) is 4.28. The fourth-order valence-electron chi connectivity index (χ4n) is 4.74. The molecule has 1 amide bonds. The Labute approximate surface area is 140 Å². The van der Waals surface area contributed by atoms with Crippen molar-refractivity contribution in [2.24, 2.45) is 11.8 Å². The minimum Gasteiger partial charge on any atom is -0.327 e. The highest BCUT2D eigenvalue weighted by Gasteiger charge is 2.34. The highest BCUT2D eigenvalue weighted by atomic mass is 16.2. The quantitative estimate of drug-likeness (QED) is 0.883. The summed E-state index contributed by atoms with van der Waals surface area (Å²) in [4.78, 5) is 14.0. The molecule has 1 aromatic rings. The minimum atomic E-state index is 0.171. The van der Waals surface area contributed by atoms with Gasteiger partial charge in [0.15, 0.2) is 6.54 Å². The second-order valence-electron chi connectivity index (χ2n) is 7.80. The molecule has 3 heteroatoms. The van der Waals surface area contributed by atoms with Gasteiger partial charge < -0.3 is 10.2 Å². The molecule has 3 nitrogen and oxygen atoms in total. The van der Waals surface area contributed by atoms with Crippen molar-refractivity contribution in [1.29, 1.82) is 0 Å². The van der Waals surface area contributed by atoms with E-state index in [4.69, 9.17) is 0 Å². The summed E-state index contributed by atoms with van der Waals surface area (Å²) >= 11 is 0. The van der Waals surface area contributed by atoms with Gasteiger partial charge >= 0.3 is 0 Å². The summed E-state index contributed by atoms with van der Waals surface area (Å²) in [5.74, 6) is 1.98. The summed E-state index contributed by atoms with van der Waals surface area (Å²) in [5.41, 5.74) is 4.59. The predicted molar refractivity (Wildman–Crippen MR) is 94.9 cm³/mol. The standard InChI is InChI=1S/C20H30N2O/c1-14-10-15(2)20(16(3)11-14)21-19(23)13-22-9-8-17-6-4-5-7-18(17)12-22/h10-11,17-18H,4-9,12-13H2,1-3H3,(H,21,23)/p+1/t17-,18-/m1/s1. The normalized spacial score (nSPS) is 27.3. The van der Waals surface area contributed by atoms with Crippen molar-refractivity contribution in [3.05, 3.63) is 28.8 Å². The number of hydrogen-bond acceptors (Lipinski definition) is 1. The zero-order valence-electron chi connectivity index (χ0n) is 14.9. The summed E-state index contributed by atoms with van der Waals surface area (Å²) in [6.07, 6.45) is 6.93. The summed E-state index contributed by atoms with van der Waals surface area (Å²) in [5, 5.41) is 3.17. The highest BCUT2D eigenvalue weighted by Crippen LogP contribution is 2.32. The number of benzene rings is 1. The monoisotopic (exact) mass is 315 g/mol. The van der Waals surface area contributed by atoms with Crippen molar-refractivity contribution in [3.8, 4) is 0 Å². The van der Waals surface area contributed by atoms with E-state index in [1.54, 1.807) is 0 Å². The van der Waals surface area contributed by atoms with Gasteiger partial charge in [0.1, 0.15) is 0 Å². The molecule has 2 aliphatic rings. The van der Waals surface area contributed by atoms with E-state index >= 15 is 0 Å². The van der Waals surface area contributed by atoms with Crippen LogP contribution in [-0.4, -0.2) is 25.5 Å². The molecule has 0 radical (unpaired) electrons. The molecule has 1 saturated heterocycles.